The number of aromatic nitrogens is 1. The van der Waals surface area contributed by atoms with Crippen LogP contribution in [0.3, 0.4) is 0 Å². The van der Waals surface area contributed by atoms with Crippen molar-refractivity contribution >= 4 is 15.9 Å². The first-order valence-electron chi connectivity index (χ1n) is 3.12. The normalized spacial score (nSPS) is 9.08. The summed E-state index contributed by atoms with van der Waals surface area (Å²) < 4.78 is 0.755. The van der Waals surface area contributed by atoms with Gasteiger partial charge in [0.1, 0.15) is 0 Å². The Morgan fingerprint density at radius 2 is 2.50 bits per heavy atom. The van der Waals surface area contributed by atoms with Gasteiger partial charge in [-0.05, 0) is 27.5 Å². The van der Waals surface area contributed by atoms with Crippen molar-refractivity contribution in [2.75, 3.05) is 0 Å². The minimum atomic E-state index is -0.231. The molecule has 6 heteroatoms. The second-order valence-corrected chi connectivity index (χ2v) is 2.98. The number of azide groups is 1. The summed E-state index contributed by atoms with van der Waals surface area (Å²) in [4.78, 5) is 16.1. The zero-order valence-electron chi connectivity index (χ0n) is 5.99. The topological polar surface area (TPSA) is 81.6 Å². The molecule has 0 saturated carbocycles. The van der Waals surface area contributed by atoms with Crippen molar-refractivity contribution in [1.82, 2.24) is 4.98 Å². The van der Waals surface area contributed by atoms with Crippen LogP contribution in [0.15, 0.2) is 26.6 Å². The van der Waals surface area contributed by atoms with Crippen LogP contribution in [-0.4, -0.2) is 4.98 Å². The minimum absolute atomic E-state index is 0.0747. The van der Waals surface area contributed by atoms with Crippen molar-refractivity contribution < 1.29 is 0 Å². The van der Waals surface area contributed by atoms with Gasteiger partial charge < -0.3 is 4.98 Å². The quantitative estimate of drug-likeness (QED) is 0.469. The van der Waals surface area contributed by atoms with Gasteiger partial charge in [-0.15, -0.1) is 0 Å². The standard InChI is InChI=1S/C6H5BrN4O/c7-5-1-4(2-10-11-8)6(12)9-3-5/h1,3H,2H2,(H,9,12). The molecule has 0 aromatic carbocycles. The molecular formula is C6H5BrN4O. The van der Waals surface area contributed by atoms with Gasteiger partial charge in [-0.3, -0.25) is 4.79 Å². The molecule has 0 aliphatic carbocycles. The highest BCUT2D eigenvalue weighted by Gasteiger charge is 1.97. The monoisotopic (exact) mass is 228 g/mol. The van der Waals surface area contributed by atoms with Gasteiger partial charge in [0.05, 0.1) is 6.54 Å². The number of nitrogens with zero attached hydrogens (tertiary/aromatic N) is 3. The molecule has 0 radical (unpaired) electrons. The maximum Gasteiger partial charge on any atom is 0.251 e. The number of hydrogen-bond donors (Lipinski definition) is 1. The van der Waals surface area contributed by atoms with Crippen molar-refractivity contribution in [3.05, 3.63) is 43.1 Å². The summed E-state index contributed by atoms with van der Waals surface area (Å²) in [5.74, 6) is 0. The Balaban J connectivity index is 3.05. The van der Waals surface area contributed by atoms with Crippen LogP contribution in [0.2, 0.25) is 0 Å². The van der Waals surface area contributed by atoms with E-state index in [1.54, 1.807) is 6.07 Å². The number of nitrogens with one attached hydrogen (secondary N) is 1. The summed E-state index contributed by atoms with van der Waals surface area (Å²) >= 11 is 3.18. The van der Waals surface area contributed by atoms with Gasteiger partial charge in [0.25, 0.3) is 5.56 Å². The predicted octanol–water partition coefficient (Wildman–Crippen LogP) is 1.95. The molecular weight excluding hydrogens is 224 g/mol. The minimum Gasteiger partial charge on any atom is -0.328 e. The van der Waals surface area contributed by atoms with Gasteiger partial charge in [-0.2, -0.15) is 0 Å². The lowest BCUT2D eigenvalue weighted by Gasteiger charge is -1.93. The Kier molecular flexibility index (Phi) is 2.90. The van der Waals surface area contributed by atoms with E-state index in [-0.39, 0.29) is 12.1 Å². The molecule has 5 nitrogen and oxygen atoms in total. The Morgan fingerprint density at radius 3 is 3.17 bits per heavy atom. The zero-order chi connectivity index (χ0) is 8.97. The molecule has 0 fully saturated rings. The van der Waals surface area contributed by atoms with Crippen molar-refractivity contribution in [2.45, 2.75) is 6.54 Å². The lowest BCUT2D eigenvalue weighted by Crippen LogP contribution is -2.10. The Hall–Kier alpha value is -1.26. The van der Waals surface area contributed by atoms with Crippen LogP contribution in [-0.2, 0) is 6.54 Å². The number of aromatic amines is 1. The van der Waals surface area contributed by atoms with Crippen LogP contribution in [0.5, 0.6) is 0 Å². The molecule has 0 bridgehead atoms. The summed E-state index contributed by atoms with van der Waals surface area (Å²) in [5, 5.41) is 3.28. The van der Waals surface area contributed by atoms with Crippen molar-refractivity contribution in [3.8, 4) is 0 Å². The average Bonchev–Trinajstić information content (AvgIpc) is 2.07. The zero-order valence-corrected chi connectivity index (χ0v) is 7.58. The maximum absolute atomic E-state index is 11.0. The summed E-state index contributed by atoms with van der Waals surface area (Å²) in [6.45, 7) is 0.0747. The first-order valence-corrected chi connectivity index (χ1v) is 3.91. The van der Waals surface area contributed by atoms with Crippen molar-refractivity contribution in [2.24, 2.45) is 5.11 Å². The van der Waals surface area contributed by atoms with E-state index in [1.165, 1.54) is 6.20 Å². The van der Waals surface area contributed by atoms with Crippen molar-refractivity contribution in [1.29, 1.82) is 0 Å². The fourth-order valence-corrected chi connectivity index (χ4v) is 1.12. The number of hydrogen-bond acceptors (Lipinski definition) is 2. The fourth-order valence-electron chi connectivity index (χ4n) is 0.726. The molecule has 0 aliphatic rings. The van der Waals surface area contributed by atoms with E-state index in [0.717, 1.165) is 4.47 Å². The second-order valence-electron chi connectivity index (χ2n) is 2.06. The van der Waals surface area contributed by atoms with E-state index in [0.29, 0.717) is 5.56 Å². The Labute approximate surface area is 76.2 Å². The van der Waals surface area contributed by atoms with Gasteiger partial charge >= 0.3 is 0 Å². The molecule has 1 aromatic rings. The lowest BCUT2D eigenvalue weighted by atomic mass is 10.3. The van der Waals surface area contributed by atoms with E-state index in [9.17, 15) is 4.79 Å². The summed E-state index contributed by atoms with van der Waals surface area (Å²) in [6.07, 6.45) is 1.53. The smallest absolute Gasteiger partial charge is 0.251 e. The largest absolute Gasteiger partial charge is 0.328 e. The molecule has 1 heterocycles. The van der Waals surface area contributed by atoms with Crippen LogP contribution >= 0.6 is 15.9 Å². The summed E-state index contributed by atoms with van der Waals surface area (Å²) in [7, 11) is 0. The van der Waals surface area contributed by atoms with Gasteiger partial charge in [0, 0.05) is 21.1 Å². The van der Waals surface area contributed by atoms with Gasteiger partial charge in [0.2, 0.25) is 0 Å². The molecule has 0 unspecified atom stereocenters. The first-order chi connectivity index (χ1) is 5.74. The highest BCUT2D eigenvalue weighted by molar-refractivity contribution is 9.10. The second kappa shape index (κ2) is 3.94. The highest BCUT2D eigenvalue weighted by Crippen LogP contribution is 2.07. The van der Waals surface area contributed by atoms with E-state index in [2.05, 4.69) is 30.9 Å². The molecule has 0 amide bonds. The first kappa shape index (κ1) is 8.83. The highest BCUT2D eigenvalue weighted by atomic mass is 79.9. The molecule has 1 N–H and O–H groups in total. The molecule has 1 rings (SSSR count). The maximum atomic E-state index is 11.0. The Bertz CT molecular complexity index is 379. The summed E-state index contributed by atoms with van der Waals surface area (Å²) in [6, 6.07) is 1.62. The third-order valence-corrected chi connectivity index (χ3v) is 1.71. The average molecular weight is 229 g/mol. The van der Waals surface area contributed by atoms with Crippen LogP contribution in [0.1, 0.15) is 5.56 Å². The van der Waals surface area contributed by atoms with E-state index < -0.39 is 0 Å². The summed E-state index contributed by atoms with van der Waals surface area (Å²) in [5.41, 5.74) is 8.24. The third-order valence-electron chi connectivity index (χ3n) is 1.25. The fraction of sp³-hybridized carbons (Fsp3) is 0.167. The molecule has 12 heavy (non-hydrogen) atoms. The van der Waals surface area contributed by atoms with Crippen LogP contribution in [0, 0.1) is 0 Å². The molecule has 0 spiro atoms. The van der Waals surface area contributed by atoms with Crippen LogP contribution in [0.25, 0.3) is 10.4 Å². The SMILES string of the molecule is [N-]=[N+]=NCc1cc(Br)c[nH]c1=O. The van der Waals surface area contributed by atoms with Gasteiger partial charge in [-0.1, -0.05) is 5.11 Å². The Morgan fingerprint density at radius 1 is 1.75 bits per heavy atom. The number of H-pyrrole nitrogens is 1. The molecule has 0 aliphatic heterocycles. The molecule has 0 atom stereocenters. The van der Waals surface area contributed by atoms with Gasteiger partial charge in [-0.25, -0.2) is 0 Å². The van der Waals surface area contributed by atoms with Crippen LogP contribution in [0.4, 0.5) is 0 Å². The van der Waals surface area contributed by atoms with Gasteiger partial charge in [0.15, 0.2) is 0 Å². The van der Waals surface area contributed by atoms with E-state index in [1.807, 2.05) is 0 Å². The van der Waals surface area contributed by atoms with E-state index >= 15 is 0 Å². The number of pyridine rings is 1. The lowest BCUT2D eigenvalue weighted by molar-refractivity contribution is 0.996. The predicted molar refractivity (Wildman–Crippen MR) is 47.6 cm³/mol. The van der Waals surface area contributed by atoms with Crippen LogP contribution < -0.4 is 5.56 Å². The number of rotatable bonds is 2. The molecule has 1 aromatic heterocycles. The van der Waals surface area contributed by atoms with E-state index in [4.69, 9.17) is 5.53 Å². The molecule has 62 valence electrons. The molecule has 0 saturated heterocycles. The number of halogens is 1. The van der Waals surface area contributed by atoms with Crippen molar-refractivity contribution in [3.63, 3.8) is 0 Å². The third kappa shape index (κ3) is 2.11.